The molecule has 0 amide bonds. The van der Waals surface area contributed by atoms with Crippen LogP contribution in [0.2, 0.25) is 4.34 Å². The van der Waals surface area contributed by atoms with E-state index in [1.165, 1.54) is 11.3 Å². The van der Waals surface area contributed by atoms with Gasteiger partial charge in [-0.2, -0.15) is 0 Å². The number of ether oxygens (including phenoxy) is 1. The first-order chi connectivity index (χ1) is 7.25. The normalized spacial score (nSPS) is 26.8. The van der Waals surface area contributed by atoms with Gasteiger partial charge in [0.15, 0.2) is 0 Å². The summed E-state index contributed by atoms with van der Waals surface area (Å²) in [5.41, 5.74) is 0. The van der Waals surface area contributed by atoms with Gasteiger partial charge in [-0.3, -0.25) is 0 Å². The third-order valence-electron chi connectivity index (χ3n) is 2.83. The number of hydrogen-bond acceptors (Lipinski definition) is 3. The van der Waals surface area contributed by atoms with Crippen molar-refractivity contribution in [2.75, 3.05) is 13.1 Å². The molecule has 15 heavy (non-hydrogen) atoms. The summed E-state index contributed by atoms with van der Waals surface area (Å²) in [6.45, 7) is 5.03. The van der Waals surface area contributed by atoms with E-state index >= 15 is 0 Å². The second-order valence-corrected chi connectivity index (χ2v) is 5.82. The van der Waals surface area contributed by atoms with E-state index in [0.717, 1.165) is 17.4 Å². The van der Waals surface area contributed by atoms with Crippen LogP contribution in [0.15, 0.2) is 12.1 Å². The van der Waals surface area contributed by atoms with Crippen LogP contribution in [0.3, 0.4) is 0 Å². The van der Waals surface area contributed by atoms with Gasteiger partial charge < -0.3 is 10.1 Å². The van der Waals surface area contributed by atoms with Crippen LogP contribution in [0.4, 0.5) is 0 Å². The largest absolute Gasteiger partial charge is 0.371 e. The van der Waals surface area contributed by atoms with Gasteiger partial charge in [0.05, 0.1) is 17.0 Å². The fourth-order valence-corrected chi connectivity index (χ4v) is 2.81. The van der Waals surface area contributed by atoms with Crippen molar-refractivity contribution < 1.29 is 4.74 Å². The molecular formula is C11H16ClNOS. The molecule has 2 heterocycles. The zero-order chi connectivity index (χ0) is 10.7. The zero-order valence-corrected chi connectivity index (χ0v) is 10.4. The molecule has 84 valence electrons. The molecule has 2 rings (SSSR count). The Bertz CT molecular complexity index is 315. The second-order valence-electron chi connectivity index (χ2n) is 4.03. The first-order valence-corrected chi connectivity index (χ1v) is 6.51. The Labute approximate surface area is 99.6 Å². The molecule has 0 aliphatic carbocycles. The van der Waals surface area contributed by atoms with Crippen molar-refractivity contribution in [2.45, 2.75) is 26.1 Å². The summed E-state index contributed by atoms with van der Waals surface area (Å²) in [4.78, 5) is 1.21. The Morgan fingerprint density at radius 3 is 3.13 bits per heavy atom. The number of rotatable bonds is 3. The van der Waals surface area contributed by atoms with E-state index in [4.69, 9.17) is 16.3 Å². The fourth-order valence-electron chi connectivity index (χ4n) is 1.80. The lowest BCUT2D eigenvalue weighted by molar-refractivity contribution is -0.00539. The monoisotopic (exact) mass is 245 g/mol. The van der Waals surface area contributed by atoms with Crippen LogP contribution in [0.5, 0.6) is 0 Å². The summed E-state index contributed by atoms with van der Waals surface area (Å²) < 4.78 is 6.72. The van der Waals surface area contributed by atoms with Crippen LogP contribution in [0, 0.1) is 5.92 Å². The molecule has 1 aromatic rings. The van der Waals surface area contributed by atoms with Gasteiger partial charge >= 0.3 is 0 Å². The minimum atomic E-state index is 0.347. The lowest BCUT2D eigenvalue weighted by atomic mass is 9.97. The van der Waals surface area contributed by atoms with E-state index < -0.39 is 0 Å². The van der Waals surface area contributed by atoms with Crippen molar-refractivity contribution in [3.05, 3.63) is 21.3 Å². The van der Waals surface area contributed by atoms with Crippen molar-refractivity contribution in [1.29, 1.82) is 0 Å². The molecule has 2 unspecified atom stereocenters. The molecule has 1 aromatic heterocycles. The van der Waals surface area contributed by atoms with Gasteiger partial charge in [0.2, 0.25) is 0 Å². The van der Waals surface area contributed by atoms with E-state index in [9.17, 15) is 0 Å². The number of piperidine rings is 1. The Balaban J connectivity index is 1.81. The maximum absolute atomic E-state index is 5.88. The Kier molecular flexibility index (Phi) is 4.03. The molecule has 1 N–H and O–H groups in total. The molecule has 2 atom stereocenters. The first-order valence-electron chi connectivity index (χ1n) is 5.32. The molecule has 1 aliphatic rings. The average molecular weight is 246 g/mol. The number of halogens is 1. The van der Waals surface area contributed by atoms with Gasteiger partial charge in [0, 0.05) is 11.4 Å². The molecule has 1 fully saturated rings. The number of hydrogen-bond donors (Lipinski definition) is 1. The summed E-state index contributed by atoms with van der Waals surface area (Å²) in [5, 5.41) is 3.36. The lowest BCUT2D eigenvalue weighted by Crippen LogP contribution is -2.40. The maximum Gasteiger partial charge on any atom is 0.0932 e. The van der Waals surface area contributed by atoms with Crippen LogP contribution in [-0.2, 0) is 11.3 Å². The molecule has 4 heteroatoms. The highest BCUT2D eigenvalue weighted by molar-refractivity contribution is 7.16. The third-order valence-corrected chi connectivity index (χ3v) is 4.03. The molecule has 1 saturated heterocycles. The van der Waals surface area contributed by atoms with Crippen LogP contribution in [0.1, 0.15) is 18.2 Å². The second kappa shape index (κ2) is 5.30. The molecule has 1 aliphatic heterocycles. The van der Waals surface area contributed by atoms with Crippen molar-refractivity contribution in [1.82, 2.24) is 5.32 Å². The van der Waals surface area contributed by atoms with Crippen LogP contribution >= 0.6 is 22.9 Å². The smallest absolute Gasteiger partial charge is 0.0932 e. The van der Waals surface area contributed by atoms with Gasteiger partial charge in [0.25, 0.3) is 0 Å². The topological polar surface area (TPSA) is 21.3 Å². The average Bonchev–Trinajstić information content (AvgIpc) is 2.63. The summed E-state index contributed by atoms with van der Waals surface area (Å²) >= 11 is 7.46. The molecule has 0 saturated carbocycles. The van der Waals surface area contributed by atoms with E-state index in [1.807, 2.05) is 12.1 Å². The lowest BCUT2D eigenvalue weighted by Gasteiger charge is -2.29. The maximum atomic E-state index is 5.88. The van der Waals surface area contributed by atoms with Gasteiger partial charge in [-0.15, -0.1) is 11.3 Å². The SMILES string of the molecule is CC1CCNCC1OCc1ccc(Cl)s1. The molecule has 2 nitrogen and oxygen atoms in total. The van der Waals surface area contributed by atoms with Crippen LogP contribution in [-0.4, -0.2) is 19.2 Å². The molecule has 0 spiro atoms. The highest BCUT2D eigenvalue weighted by atomic mass is 35.5. The minimum absolute atomic E-state index is 0.347. The van der Waals surface area contributed by atoms with Crippen molar-refractivity contribution in [2.24, 2.45) is 5.92 Å². The summed E-state index contributed by atoms with van der Waals surface area (Å²) in [5.74, 6) is 0.654. The number of thiophene rings is 1. The van der Waals surface area contributed by atoms with E-state index in [-0.39, 0.29) is 0 Å². The van der Waals surface area contributed by atoms with Crippen molar-refractivity contribution in [3.8, 4) is 0 Å². The predicted molar refractivity (Wildman–Crippen MR) is 64.6 cm³/mol. The van der Waals surface area contributed by atoms with E-state index in [1.54, 1.807) is 11.3 Å². The van der Waals surface area contributed by atoms with Crippen LogP contribution in [0.25, 0.3) is 0 Å². The molecule has 0 bridgehead atoms. The van der Waals surface area contributed by atoms with Gasteiger partial charge in [-0.25, -0.2) is 0 Å². The van der Waals surface area contributed by atoms with Gasteiger partial charge in [-0.05, 0) is 31.0 Å². The summed E-state index contributed by atoms with van der Waals surface area (Å²) in [6, 6.07) is 3.96. The van der Waals surface area contributed by atoms with Crippen molar-refractivity contribution >= 4 is 22.9 Å². The Morgan fingerprint density at radius 2 is 2.47 bits per heavy atom. The quantitative estimate of drug-likeness (QED) is 0.884. The fraction of sp³-hybridized carbons (Fsp3) is 0.636. The Hall–Kier alpha value is -0.0900. The highest BCUT2D eigenvalue weighted by Crippen LogP contribution is 2.23. The first kappa shape index (κ1) is 11.4. The number of nitrogens with one attached hydrogen (secondary N) is 1. The molecular weight excluding hydrogens is 230 g/mol. The van der Waals surface area contributed by atoms with Crippen LogP contribution < -0.4 is 5.32 Å². The van der Waals surface area contributed by atoms with Crippen molar-refractivity contribution in [3.63, 3.8) is 0 Å². The Morgan fingerprint density at radius 1 is 1.60 bits per heavy atom. The molecule has 0 aromatic carbocycles. The van der Waals surface area contributed by atoms with Gasteiger partial charge in [0.1, 0.15) is 0 Å². The molecule has 0 radical (unpaired) electrons. The summed E-state index contributed by atoms with van der Waals surface area (Å²) in [6.07, 6.45) is 1.55. The van der Waals surface area contributed by atoms with E-state index in [0.29, 0.717) is 18.6 Å². The summed E-state index contributed by atoms with van der Waals surface area (Å²) in [7, 11) is 0. The highest BCUT2D eigenvalue weighted by Gasteiger charge is 2.21. The third kappa shape index (κ3) is 3.18. The minimum Gasteiger partial charge on any atom is -0.371 e. The predicted octanol–water partition coefficient (Wildman–Crippen LogP) is 2.92. The van der Waals surface area contributed by atoms with E-state index in [2.05, 4.69) is 12.2 Å². The van der Waals surface area contributed by atoms with Gasteiger partial charge in [-0.1, -0.05) is 18.5 Å². The standard InChI is InChI=1S/C11H16ClNOS/c1-8-4-5-13-6-10(8)14-7-9-2-3-11(12)15-9/h2-3,8,10,13H,4-7H2,1H3. The zero-order valence-electron chi connectivity index (χ0n) is 8.83.